The van der Waals surface area contributed by atoms with Crippen LogP contribution in [-0.2, 0) is 0 Å². The van der Waals surface area contributed by atoms with Crippen molar-refractivity contribution in [3.8, 4) is 0 Å². The minimum Gasteiger partial charge on any atom is -0.364 e. The van der Waals surface area contributed by atoms with Crippen LogP contribution in [0, 0.1) is 6.92 Å². The molecule has 2 aromatic carbocycles. The largest absolute Gasteiger partial charge is 0.364 e. The zero-order valence-corrected chi connectivity index (χ0v) is 23.4. The van der Waals surface area contributed by atoms with E-state index in [1.807, 2.05) is 37.3 Å². The van der Waals surface area contributed by atoms with E-state index in [1.165, 1.54) is 11.1 Å². The molecule has 2 aromatic rings. The molecule has 0 aromatic heterocycles. The van der Waals surface area contributed by atoms with E-state index in [4.69, 9.17) is 4.99 Å². The van der Waals surface area contributed by atoms with Crippen molar-refractivity contribution in [2.45, 2.75) is 53.5 Å². The Balaban J connectivity index is 2.50. The molecule has 0 saturated heterocycles. The minimum atomic E-state index is 0.0905. The summed E-state index contributed by atoms with van der Waals surface area (Å²) in [5, 5.41) is 3.45. The van der Waals surface area contributed by atoms with Gasteiger partial charge in [-0.1, -0.05) is 80.6 Å². The summed E-state index contributed by atoms with van der Waals surface area (Å²) in [5.74, 6) is 1.47. The predicted octanol–water partition coefficient (Wildman–Crippen LogP) is 8.02. The first-order valence-electron chi connectivity index (χ1n) is 12.8. The normalized spacial score (nSPS) is 13.6. The van der Waals surface area contributed by atoms with Gasteiger partial charge in [0, 0.05) is 17.5 Å². The minimum absolute atomic E-state index is 0.0905. The van der Waals surface area contributed by atoms with Crippen LogP contribution in [0.2, 0.25) is 0 Å². The van der Waals surface area contributed by atoms with Crippen molar-refractivity contribution in [3.63, 3.8) is 0 Å². The van der Waals surface area contributed by atoms with Gasteiger partial charge in [-0.25, -0.2) is 4.99 Å². The molecule has 192 valence electrons. The Hall–Kier alpha value is -2.89. The summed E-state index contributed by atoms with van der Waals surface area (Å²) in [6, 6.07) is 18.8. The topological polar surface area (TPSA) is 40.0 Å². The monoisotopic (exact) mass is 502 g/mol. The Morgan fingerprint density at radius 3 is 2.36 bits per heavy atom. The molecule has 0 bridgehead atoms. The second-order valence-electron chi connectivity index (χ2n) is 8.82. The summed E-state index contributed by atoms with van der Waals surface area (Å²) in [4.78, 5) is 13.0. The van der Waals surface area contributed by atoms with Crippen molar-refractivity contribution >= 4 is 29.9 Å². The first-order valence-corrected chi connectivity index (χ1v) is 13.8. The van der Waals surface area contributed by atoms with Crippen LogP contribution in [0.15, 0.2) is 94.0 Å². The predicted molar refractivity (Wildman–Crippen MR) is 162 cm³/mol. The van der Waals surface area contributed by atoms with Gasteiger partial charge >= 0.3 is 0 Å². The zero-order chi connectivity index (χ0) is 26.3. The van der Waals surface area contributed by atoms with Crippen LogP contribution in [0.1, 0.15) is 63.3 Å². The van der Waals surface area contributed by atoms with Gasteiger partial charge < -0.3 is 5.32 Å². The molecule has 0 aliphatic rings. The van der Waals surface area contributed by atoms with E-state index in [0.29, 0.717) is 5.82 Å². The molecule has 2 rings (SSSR count). The highest BCUT2D eigenvalue weighted by molar-refractivity contribution is 8.04. The van der Waals surface area contributed by atoms with E-state index >= 15 is 0 Å². The molecular weight excluding hydrogens is 460 g/mol. The lowest BCUT2D eigenvalue weighted by Gasteiger charge is -2.22. The first-order chi connectivity index (χ1) is 17.4. The molecule has 1 atom stereocenters. The number of hydrogen-bond donors (Lipinski definition) is 1. The van der Waals surface area contributed by atoms with E-state index in [2.05, 4.69) is 92.6 Å². The van der Waals surface area contributed by atoms with Crippen molar-refractivity contribution in [3.05, 3.63) is 101 Å². The second kappa shape index (κ2) is 16.0. The number of aryl methyl sites for hydroxylation is 1. The van der Waals surface area contributed by atoms with Gasteiger partial charge in [0.15, 0.2) is 0 Å². The van der Waals surface area contributed by atoms with Gasteiger partial charge in [-0.05, 0) is 71.1 Å². The molecule has 1 N–H and O–H groups in total. The summed E-state index contributed by atoms with van der Waals surface area (Å²) in [5.41, 5.74) is 5.09. The summed E-state index contributed by atoms with van der Waals surface area (Å²) in [7, 11) is 0. The molecule has 0 aliphatic carbocycles. The third-order valence-corrected chi connectivity index (χ3v) is 6.82. The lowest BCUT2D eigenvalue weighted by Crippen LogP contribution is -2.25. The van der Waals surface area contributed by atoms with E-state index < -0.39 is 0 Å². The van der Waals surface area contributed by atoms with Gasteiger partial charge in [-0.15, -0.1) is 11.8 Å². The fourth-order valence-electron chi connectivity index (χ4n) is 3.95. The quantitative estimate of drug-likeness (QED) is 0.198. The Bertz CT molecular complexity index is 1060. The van der Waals surface area contributed by atoms with Crippen LogP contribution in [0.5, 0.6) is 0 Å². The number of nitrogens with one attached hydrogen (secondary N) is 1. The molecule has 0 spiro atoms. The Morgan fingerprint density at radius 2 is 1.78 bits per heavy atom. The van der Waals surface area contributed by atoms with Crippen molar-refractivity contribution in [1.29, 1.82) is 0 Å². The van der Waals surface area contributed by atoms with Crippen molar-refractivity contribution in [2.75, 3.05) is 19.0 Å². The lowest BCUT2D eigenvalue weighted by atomic mass is 10.1. The summed E-state index contributed by atoms with van der Waals surface area (Å²) >= 11 is 1.77. The highest BCUT2D eigenvalue weighted by atomic mass is 32.2. The number of thioether (sulfide) groups is 1. The third kappa shape index (κ3) is 9.29. The van der Waals surface area contributed by atoms with Gasteiger partial charge in [0.25, 0.3) is 0 Å². The average Bonchev–Trinajstić information content (AvgIpc) is 2.87. The maximum absolute atomic E-state index is 4.96. The Labute approximate surface area is 223 Å². The van der Waals surface area contributed by atoms with Crippen LogP contribution in [0.3, 0.4) is 0 Å². The highest BCUT2D eigenvalue weighted by Gasteiger charge is 2.17. The number of rotatable bonds is 15. The Kier molecular flexibility index (Phi) is 13.0. The van der Waals surface area contributed by atoms with E-state index in [1.54, 1.807) is 11.8 Å². The number of nitrogens with zero attached hydrogens (tertiary/aromatic N) is 3. The molecule has 0 amide bonds. The van der Waals surface area contributed by atoms with Gasteiger partial charge in [0.05, 0.1) is 16.3 Å². The van der Waals surface area contributed by atoms with Crippen molar-refractivity contribution < 1.29 is 0 Å². The fraction of sp³-hybridized carbons (Fsp3) is 0.355. The second-order valence-corrected chi connectivity index (χ2v) is 9.77. The molecular formula is C31H42N4S. The standard InChI is InChI=1S/C31H42N4S/c1-8-15-29(34-26(6)33-25(5)27-17-12-11-13-18-27)31(36-23-35(20-9-2)21-10-3)30(32-7)28-19-14-16-24(4)22-28/h8,11-19,22,25,33H,6-7,9-10,20-21,23H2,1-5H3/b15-8-,31-30-,34-29+. The van der Waals surface area contributed by atoms with Gasteiger partial charge in [0.2, 0.25) is 0 Å². The lowest BCUT2D eigenvalue weighted by molar-refractivity contribution is 0.322. The third-order valence-electron chi connectivity index (χ3n) is 5.63. The molecule has 1 unspecified atom stereocenters. The Morgan fingerprint density at radius 1 is 1.08 bits per heavy atom. The maximum atomic E-state index is 4.96. The van der Waals surface area contributed by atoms with Crippen molar-refractivity contribution in [2.24, 2.45) is 9.98 Å². The number of aliphatic imine (C=N–C) groups is 2. The molecule has 36 heavy (non-hydrogen) atoms. The maximum Gasteiger partial charge on any atom is 0.119 e. The number of benzene rings is 2. The van der Waals surface area contributed by atoms with Crippen molar-refractivity contribution in [1.82, 2.24) is 10.2 Å². The van der Waals surface area contributed by atoms with Crippen LogP contribution >= 0.6 is 11.8 Å². The van der Waals surface area contributed by atoms with E-state index in [0.717, 1.165) is 53.7 Å². The molecule has 0 radical (unpaired) electrons. The molecule has 5 heteroatoms. The molecule has 0 heterocycles. The molecule has 0 fully saturated rings. The highest BCUT2D eigenvalue weighted by Crippen LogP contribution is 2.31. The van der Waals surface area contributed by atoms with Crippen LogP contribution in [0.25, 0.3) is 5.70 Å². The summed E-state index contributed by atoms with van der Waals surface area (Å²) in [6.45, 7) is 21.0. The number of hydrogen-bond acceptors (Lipinski definition) is 5. The molecule has 4 nitrogen and oxygen atoms in total. The van der Waals surface area contributed by atoms with E-state index in [9.17, 15) is 0 Å². The van der Waals surface area contributed by atoms with Crippen LogP contribution in [-0.4, -0.2) is 36.3 Å². The van der Waals surface area contributed by atoms with E-state index in [-0.39, 0.29) is 6.04 Å². The van der Waals surface area contributed by atoms with Crippen LogP contribution < -0.4 is 5.32 Å². The van der Waals surface area contributed by atoms with Gasteiger partial charge in [-0.3, -0.25) is 9.89 Å². The fourth-order valence-corrected chi connectivity index (χ4v) is 5.10. The van der Waals surface area contributed by atoms with Crippen LogP contribution in [0.4, 0.5) is 0 Å². The number of allylic oxidation sites excluding steroid dienone is 3. The molecule has 0 saturated carbocycles. The molecule has 0 aliphatic heterocycles. The van der Waals surface area contributed by atoms with Gasteiger partial charge in [-0.2, -0.15) is 0 Å². The summed E-state index contributed by atoms with van der Waals surface area (Å²) < 4.78 is 0. The average molecular weight is 503 g/mol. The first kappa shape index (κ1) is 29.3. The zero-order valence-electron chi connectivity index (χ0n) is 22.6. The SMILES string of the molecule is C=N/C(=C(SCN(CCC)CCC)/C(/C=C\C)=N/C(=C)NC(C)c1ccccc1)c1cccc(C)c1. The smallest absolute Gasteiger partial charge is 0.119 e. The summed E-state index contributed by atoms with van der Waals surface area (Å²) in [6.07, 6.45) is 6.30. The van der Waals surface area contributed by atoms with Gasteiger partial charge in [0.1, 0.15) is 5.82 Å².